The van der Waals surface area contributed by atoms with Crippen molar-refractivity contribution >= 4 is 18.3 Å². The van der Waals surface area contributed by atoms with Crippen molar-refractivity contribution in [2.24, 2.45) is 17.6 Å². The van der Waals surface area contributed by atoms with Crippen LogP contribution in [0.4, 0.5) is 0 Å². The molecule has 1 aliphatic rings. The lowest BCUT2D eigenvalue weighted by Crippen LogP contribution is -2.36. The van der Waals surface area contributed by atoms with Gasteiger partial charge in [-0.3, -0.25) is 4.79 Å². The Kier molecular flexibility index (Phi) is 6.32. The number of hydrogen-bond acceptors (Lipinski definition) is 2. The fourth-order valence-electron chi connectivity index (χ4n) is 2.09. The van der Waals surface area contributed by atoms with Crippen LogP contribution < -0.4 is 11.1 Å². The third kappa shape index (κ3) is 4.84. The van der Waals surface area contributed by atoms with Gasteiger partial charge in [0, 0.05) is 12.6 Å². The van der Waals surface area contributed by atoms with Crippen molar-refractivity contribution in [3.63, 3.8) is 0 Å². The third-order valence-electron chi connectivity index (χ3n) is 3.69. The second kappa shape index (κ2) is 7.51. The number of hydrogen-bond donors (Lipinski definition) is 2. The molecular weight excluding hydrogens is 260 g/mol. The number of benzene rings is 1. The van der Waals surface area contributed by atoms with Crippen LogP contribution in [-0.2, 0) is 4.79 Å². The van der Waals surface area contributed by atoms with E-state index >= 15 is 0 Å². The van der Waals surface area contributed by atoms with E-state index in [9.17, 15) is 4.79 Å². The smallest absolute Gasteiger partial charge is 0.224 e. The maximum Gasteiger partial charge on any atom is 0.224 e. The summed E-state index contributed by atoms with van der Waals surface area (Å²) in [4.78, 5) is 12.0. The molecule has 1 aromatic carbocycles. The van der Waals surface area contributed by atoms with E-state index in [1.54, 1.807) is 0 Å². The largest absolute Gasteiger partial charge is 0.356 e. The summed E-state index contributed by atoms with van der Waals surface area (Å²) >= 11 is 0. The lowest BCUT2D eigenvalue weighted by Gasteiger charge is -2.19. The topological polar surface area (TPSA) is 55.1 Å². The number of nitrogens with one attached hydrogen (secondary N) is 1. The maximum atomic E-state index is 12.0. The highest BCUT2D eigenvalue weighted by Crippen LogP contribution is 2.31. The summed E-state index contributed by atoms with van der Waals surface area (Å²) in [5.41, 5.74) is 7.14. The average Bonchev–Trinajstić information content (AvgIpc) is 3.22. The van der Waals surface area contributed by atoms with E-state index in [0.29, 0.717) is 0 Å². The van der Waals surface area contributed by atoms with Gasteiger partial charge in [0.05, 0.1) is 5.92 Å². The van der Waals surface area contributed by atoms with E-state index in [0.717, 1.165) is 24.4 Å². The molecule has 0 aliphatic heterocycles. The zero-order valence-corrected chi connectivity index (χ0v) is 12.2. The number of halogens is 1. The van der Waals surface area contributed by atoms with E-state index in [-0.39, 0.29) is 30.3 Å². The second-order valence-electron chi connectivity index (χ2n) is 5.25. The molecule has 0 heterocycles. The maximum absolute atomic E-state index is 12.0. The van der Waals surface area contributed by atoms with Gasteiger partial charge in [0.2, 0.25) is 5.91 Å². The van der Waals surface area contributed by atoms with Gasteiger partial charge in [0.15, 0.2) is 0 Å². The zero-order chi connectivity index (χ0) is 13.0. The van der Waals surface area contributed by atoms with E-state index in [1.807, 2.05) is 37.3 Å². The molecule has 1 amide bonds. The van der Waals surface area contributed by atoms with Crippen molar-refractivity contribution in [3.8, 4) is 0 Å². The van der Waals surface area contributed by atoms with Crippen LogP contribution in [0.25, 0.3) is 0 Å². The van der Waals surface area contributed by atoms with Crippen molar-refractivity contribution in [2.75, 3.05) is 6.54 Å². The van der Waals surface area contributed by atoms with Crippen molar-refractivity contribution in [2.45, 2.75) is 32.2 Å². The molecule has 2 atom stereocenters. The Morgan fingerprint density at radius 3 is 2.58 bits per heavy atom. The highest BCUT2D eigenvalue weighted by molar-refractivity contribution is 5.85. The van der Waals surface area contributed by atoms with E-state index in [1.165, 1.54) is 12.8 Å². The normalized spacial score (nSPS) is 17.2. The van der Waals surface area contributed by atoms with Crippen LogP contribution in [0.1, 0.15) is 37.8 Å². The molecule has 1 saturated carbocycles. The molecule has 2 unspecified atom stereocenters. The molecule has 0 aromatic heterocycles. The Hall–Kier alpha value is -1.06. The quantitative estimate of drug-likeness (QED) is 0.843. The minimum absolute atomic E-state index is 0. The molecular formula is C15H23ClN2O. The van der Waals surface area contributed by atoms with Gasteiger partial charge in [-0.05, 0) is 17.9 Å². The molecule has 1 aliphatic carbocycles. The Balaban J connectivity index is 0.00000180. The molecule has 0 saturated heterocycles. The summed E-state index contributed by atoms with van der Waals surface area (Å²) in [7, 11) is 0. The van der Waals surface area contributed by atoms with Gasteiger partial charge in [0.1, 0.15) is 0 Å². The standard InChI is InChI=1S/C15H22N2O.ClH/c1-11(14(16)13-5-3-2-4-6-13)15(18)17-10-9-12-7-8-12;/h2-6,11-12,14H,7-10,16H2,1H3,(H,17,18);1H. The highest BCUT2D eigenvalue weighted by atomic mass is 35.5. The molecule has 4 heteroatoms. The van der Waals surface area contributed by atoms with Gasteiger partial charge in [-0.2, -0.15) is 0 Å². The molecule has 19 heavy (non-hydrogen) atoms. The Morgan fingerprint density at radius 2 is 2.00 bits per heavy atom. The highest BCUT2D eigenvalue weighted by Gasteiger charge is 2.24. The number of carbonyl (C=O) groups excluding carboxylic acids is 1. The Labute approximate surface area is 121 Å². The Bertz CT molecular complexity index is 392. The zero-order valence-electron chi connectivity index (χ0n) is 11.3. The van der Waals surface area contributed by atoms with Crippen LogP contribution in [0, 0.1) is 11.8 Å². The minimum atomic E-state index is -0.230. The lowest BCUT2D eigenvalue weighted by molar-refractivity contribution is -0.125. The van der Waals surface area contributed by atoms with Crippen molar-refractivity contribution in [3.05, 3.63) is 35.9 Å². The first-order chi connectivity index (χ1) is 8.68. The number of rotatable bonds is 6. The van der Waals surface area contributed by atoms with Crippen molar-refractivity contribution < 1.29 is 4.79 Å². The Morgan fingerprint density at radius 1 is 1.37 bits per heavy atom. The molecule has 1 fully saturated rings. The van der Waals surface area contributed by atoms with Gasteiger partial charge in [-0.1, -0.05) is 50.1 Å². The third-order valence-corrected chi connectivity index (χ3v) is 3.69. The van der Waals surface area contributed by atoms with E-state index < -0.39 is 0 Å². The molecule has 3 nitrogen and oxygen atoms in total. The summed E-state index contributed by atoms with van der Waals surface area (Å²) in [6, 6.07) is 9.57. The molecule has 3 N–H and O–H groups in total. The van der Waals surface area contributed by atoms with Crippen LogP contribution >= 0.6 is 12.4 Å². The number of nitrogens with two attached hydrogens (primary N) is 1. The number of amides is 1. The van der Waals surface area contributed by atoms with E-state index in [2.05, 4.69) is 5.32 Å². The van der Waals surface area contributed by atoms with Crippen molar-refractivity contribution in [1.29, 1.82) is 0 Å². The summed E-state index contributed by atoms with van der Waals surface area (Å²) in [5, 5.41) is 2.99. The van der Waals surface area contributed by atoms with Crippen LogP contribution in [0.5, 0.6) is 0 Å². The van der Waals surface area contributed by atoms with Crippen LogP contribution in [0.2, 0.25) is 0 Å². The lowest BCUT2D eigenvalue weighted by atomic mass is 9.94. The SMILES string of the molecule is CC(C(=O)NCCC1CC1)C(N)c1ccccc1.Cl. The summed E-state index contributed by atoms with van der Waals surface area (Å²) in [6.45, 7) is 2.68. The molecule has 1 aromatic rings. The predicted molar refractivity (Wildman–Crippen MR) is 80.1 cm³/mol. The molecule has 0 bridgehead atoms. The molecule has 0 radical (unpaired) electrons. The average molecular weight is 283 g/mol. The predicted octanol–water partition coefficient (Wildman–Crippen LogP) is 2.66. The monoisotopic (exact) mass is 282 g/mol. The first-order valence-electron chi connectivity index (χ1n) is 6.76. The van der Waals surface area contributed by atoms with E-state index in [4.69, 9.17) is 5.73 Å². The van der Waals surface area contributed by atoms with Crippen LogP contribution in [-0.4, -0.2) is 12.5 Å². The van der Waals surface area contributed by atoms with Gasteiger partial charge < -0.3 is 11.1 Å². The molecule has 2 rings (SSSR count). The van der Waals surface area contributed by atoms with Gasteiger partial charge in [0.25, 0.3) is 0 Å². The first kappa shape index (κ1) is 16.0. The van der Waals surface area contributed by atoms with Crippen molar-refractivity contribution in [1.82, 2.24) is 5.32 Å². The van der Waals surface area contributed by atoms with Gasteiger partial charge in [-0.25, -0.2) is 0 Å². The van der Waals surface area contributed by atoms with Gasteiger partial charge >= 0.3 is 0 Å². The fourth-order valence-corrected chi connectivity index (χ4v) is 2.09. The fraction of sp³-hybridized carbons (Fsp3) is 0.533. The minimum Gasteiger partial charge on any atom is -0.356 e. The van der Waals surface area contributed by atoms with Crippen LogP contribution in [0.3, 0.4) is 0 Å². The summed E-state index contributed by atoms with van der Waals surface area (Å²) in [6.07, 6.45) is 3.77. The van der Waals surface area contributed by atoms with Gasteiger partial charge in [-0.15, -0.1) is 12.4 Å². The summed E-state index contributed by atoms with van der Waals surface area (Å²) in [5.74, 6) is 0.724. The molecule has 106 valence electrons. The summed E-state index contributed by atoms with van der Waals surface area (Å²) < 4.78 is 0. The van der Waals surface area contributed by atoms with Crippen LogP contribution in [0.15, 0.2) is 30.3 Å². The molecule has 0 spiro atoms. The number of carbonyl (C=O) groups is 1. The second-order valence-corrected chi connectivity index (χ2v) is 5.25. The first-order valence-corrected chi connectivity index (χ1v) is 6.76.